The number of hydrogen-bond donors (Lipinski definition) is 0. The topological polar surface area (TPSA) is 68.3 Å². The molecule has 0 N–H and O–H groups in total. The van der Waals surface area contributed by atoms with E-state index < -0.39 is 0 Å². The summed E-state index contributed by atoms with van der Waals surface area (Å²) in [7, 11) is 0. The van der Waals surface area contributed by atoms with E-state index in [0.717, 1.165) is 5.56 Å². The Labute approximate surface area is 95.8 Å². The van der Waals surface area contributed by atoms with E-state index in [1.165, 1.54) is 6.08 Å². The monoisotopic (exact) mass is 235 g/mol. The normalized spacial score (nSPS) is 9.81. The SMILES string of the molecule is O=C=Nc1ccc(-c2noc(CCl)n2)cc1. The van der Waals surface area contributed by atoms with E-state index in [1.807, 2.05) is 0 Å². The first-order valence-corrected chi connectivity index (χ1v) is 4.94. The van der Waals surface area contributed by atoms with Crippen LogP contribution in [0.3, 0.4) is 0 Å². The Morgan fingerprint density at radius 2 is 2.12 bits per heavy atom. The fourth-order valence-corrected chi connectivity index (χ4v) is 1.27. The Kier molecular flexibility index (Phi) is 3.10. The van der Waals surface area contributed by atoms with Gasteiger partial charge < -0.3 is 4.52 Å². The van der Waals surface area contributed by atoms with Crippen LogP contribution in [0.15, 0.2) is 33.8 Å². The summed E-state index contributed by atoms with van der Waals surface area (Å²) in [6, 6.07) is 6.80. The standard InChI is InChI=1S/C10H6ClN3O2/c11-5-9-13-10(14-16-9)7-1-3-8(4-2-7)12-6-15/h1-4H,5H2. The van der Waals surface area contributed by atoms with Crippen molar-refractivity contribution in [3.05, 3.63) is 30.2 Å². The fourth-order valence-electron chi connectivity index (χ4n) is 1.16. The summed E-state index contributed by atoms with van der Waals surface area (Å²) in [5, 5.41) is 3.75. The van der Waals surface area contributed by atoms with Crippen LogP contribution in [0.25, 0.3) is 11.4 Å². The van der Waals surface area contributed by atoms with Gasteiger partial charge >= 0.3 is 0 Å². The summed E-state index contributed by atoms with van der Waals surface area (Å²) in [5.74, 6) is 1.00. The van der Waals surface area contributed by atoms with E-state index in [-0.39, 0.29) is 5.88 Å². The Morgan fingerprint density at radius 3 is 2.69 bits per heavy atom. The molecule has 0 spiro atoms. The van der Waals surface area contributed by atoms with E-state index in [1.54, 1.807) is 24.3 Å². The molecule has 0 radical (unpaired) electrons. The second kappa shape index (κ2) is 4.70. The lowest BCUT2D eigenvalue weighted by atomic mass is 10.2. The third-order valence-electron chi connectivity index (χ3n) is 1.88. The van der Waals surface area contributed by atoms with Crippen molar-refractivity contribution in [1.82, 2.24) is 10.1 Å². The number of halogens is 1. The van der Waals surface area contributed by atoms with E-state index in [9.17, 15) is 4.79 Å². The van der Waals surface area contributed by atoms with Crippen LogP contribution in [0, 0.1) is 0 Å². The van der Waals surface area contributed by atoms with Gasteiger partial charge in [-0.05, 0) is 24.3 Å². The number of carbonyl (C=O) groups excluding carboxylic acids is 1. The summed E-state index contributed by atoms with van der Waals surface area (Å²) in [6.45, 7) is 0. The molecule has 0 unspecified atom stereocenters. The molecule has 0 aliphatic carbocycles. The van der Waals surface area contributed by atoms with Crippen LogP contribution < -0.4 is 0 Å². The van der Waals surface area contributed by atoms with Gasteiger partial charge in [-0.25, -0.2) is 4.79 Å². The van der Waals surface area contributed by atoms with E-state index in [2.05, 4.69) is 15.1 Å². The van der Waals surface area contributed by atoms with Gasteiger partial charge in [0.25, 0.3) is 0 Å². The molecular weight excluding hydrogens is 230 g/mol. The lowest BCUT2D eigenvalue weighted by Crippen LogP contribution is -1.80. The Hall–Kier alpha value is -1.97. The molecule has 0 aliphatic rings. The molecule has 0 bridgehead atoms. The molecule has 1 heterocycles. The van der Waals surface area contributed by atoms with Crippen molar-refractivity contribution in [3.8, 4) is 11.4 Å². The maximum Gasteiger partial charge on any atom is 0.241 e. The smallest absolute Gasteiger partial charge is 0.241 e. The number of isocyanates is 1. The molecule has 5 nitrogen and oxygen atoms in total. The zero-order valence-corrected chi connectivity index (χ0v) is 8.81. The molecule has 16 heavy (non-hydrogen) atoms. The molecule has 2 aromatic rings. The van der Waals surface area contributed by atoms with Gasteiger partial charge in [-0.1, -0.05) is 5.16 Å². The van der Waals surface area contributed by atoms with Gasteiger partial charge in [-0.2, -0.15) is 9.98 Å². The first kappa shape index (κ1) is 10.5. The van der Waals surface area contributed by atoms with Gasteiger partial charge in [0, 0.05) is 5.56 Å². The van der Waals surface area contributed by atoms with Crippen LogP contribution >= 0.6 is 11.6 Å². The van der Waals surface area contributed by atoms with Crippen LogP contribution in [0.4, 0.5) is 5.69 Å². The molecule has 80 valence electrons. The first-order chi connectivity index (χ1) is 7.83. The van der Waals surface area contributed by atoms with E-state index >= 15 is 0 Å². The van der Waals surface area contributed by atoms with Crippen molar-refractivity contribution in [2.45, 2.75) is 5.88 Å². The average molecular weight is 236 g/mol. The number of aliphatic imine (C=N–C) groups is 1. The molecule has 1 aromatic carbocycles. The van der Waals surface area contributed by atoms with Gasteiger partial charge in [-0.3, -0.25) is 0 Å². The molecule has 0 fully saturated rings. The minimum atomic E-state index is 0.181. The second-order valence-electron chi connectivity index (χ2n) is 2.90. The molecule has 6 heteroatoms. The largest absolute Gasteiger partial charge is 0.338 e. The van der Waals surface area contributed by atoms with Crippen molar-refractivity contribution in [2.75, 3.05) is 0 Å². The lowest BCUT2D eigenvalue weighted by molar-refractivity contribution is 0.391. The molecule has 1 aromatic heterocycles. The van der Waals surface area contributed by atoms with Gasteiger partial charge in [0.1, 0.15) is 5.88 Å². The zero-order valence-electron chi connectivity index (χ0n) is 8.05. The van der Waals surface area contributed by atoms with E-state index in [4.69, 9.17) is 16.1 Å². The molecule has 0 aliphatic heterocycles. The fraction of sp³-hybridized carbons (Fsp3) is 0.100. The maximum absolute atomic E-state index is 10.0. The molecule has 0 amide bonds. The number of hydrogen-bond acceptors (Lipinski definition) is 5. The first-order valence-electron chi connectivity index (χ1n) is 4.40. The summed E-state index contributed by atoms with van der Waals surface area (Å²) < 4.78 is 4.87. The van der Waals surface area contributed by atoms with Crippen LogP contribution in [0.5, 0.6) is 0 Å². The van der Waals surface area contributed by atoms with E-state index in [0.29, 0.717) is 17.4 Å². The molecule has 2 rings (SSSR count). The van der Waals surface area contributed by atoms with Gasteiger partial charge in [-0.15, -0.1) is 11.6 Å². The van der Waals surface area contributed by atoms with Crippen molar-refractivity contribution < 1.29 is 9.32 Å². The lowest BCUT2D eigenvalue weighted by Gasteiger charge is -1.93. The third kappa shape index (κ3) is 2.16. The molecule has 0 atom stereocenters. The number of nitrogens with zero attached hydrogens (tertiary/aromatic N) is 3. The Balaban J connectivity index is 2.30. The molecular formula is C10H6ClN3O2. The number of alkyl halides is 1. The summed E-state index contributed by atoms with van der Waals surface area (Å²) >= 11 is 5.54. The summed E-state index contributed by atoms with van der Waals surface area (Å²) in [4.78, 5) is 17.6. The van der Waals surface area contributed by atoms with Crippen molar-refractivity contribution >= 4 is 23.4 Å². The van der Waals surface area contributed by atoms with Crippen molar-refractivity contribution in [3.63, 3.8) is 0 Å². The van der Waals surface area contributed by atoms with Crippen LogP contribution in [-0.4, -0.2) is 16.2 Å². The maximum atomic E-state index is 10.0. The van der Waals surface area contributed by atoms with Crippen molar-refractivity contribution in [1.29, 1.82) is 0 Å². The third-order valence-corrected chi connectivity index (χ3v) is 2.11. The summed E-state index contributed by atoms with van der Waals surface area (Å²) in [6.07, 6.45) is 1.46. The van der Waals surface area contributed by atoms with Crippen LogP contribution in [0.1, 0.15) is 5.89 Å². The highest BCUT2D eigenvalue weighted by atomic mass is 35.5. The van der Waals surface area contributed by atoms with Gasteiger partial charge in [0.05, 0.1) is 5.69 Å². The summed E-state index contributed by atoms with van der Waals surface area (Å²) in [5.41, 5.74) is 1.30. The highest BCUT2D eigenvalue weighted by molar-refractivity contribution is 6.16. The number of aromatic nitrogens is 2. The average Bonchev–Trinajstić information content (AvgIpc) is 2.79. The second-order valence-corrected chi connectivity index (χ2v) is 3.16. The Bertz CT molecular complexity index is 529. The minimum absolute atomic E-state index is 0.181. The predicted octanol–water partition coefficient (Wildman–Crippen LogP) is 2.44. The predicted molar refractivity (Wildman–Crippen MR) is 57.1 cm³/mol. The van der Waals surface area contributed by atoms with Gasteiger partial charge in [0.2, 0.25) is 17.8 Å². The zero-order chi connectivity index (χ0) is 11.4. The van der Waals surface area contributed by atoms with Crippen LogP contribution in [-0.2, 0) is 10.7 Å². The quantitative estimate of drug-likeness (QED) is 0.466. The highest BCUT2D eigenvalue weighted by Gasteiger charge is 2.06. The number of benzene rings is 1. The number of rotatable bonds is 3. The molecule has 0 saturated carbocycles. The van der Waals surface area contributed by atoms with Crippen molar-refractivity contribution in [2.24, 2.45) is 4.99 Å². The minimum Gasteiger partial charge on any atom is -0.338 e. The Morgan fingerprint density at radius 1 is 1.38 bits per heavy atom. The van der Waals surface area contributed by atoms with Crippen LogP contribution in [0.2, 0.25) is 0 Å². The molecule has 0 saturated heterocycles. The van der Waals surface area contributed by atoms with Gasteiger partial charge in [0.15, 0.2) is 0 Å². The highest BCUT2D eigenvalue weighted by Crippen LogP contribution is 2.20.